The van der Waals surface area contributed by atoms with Gasteiger partial charge in [-0.15, -0.1) is 0 Å². The molecule has 3 nitrogen and oxygen atoms in total. The number of nitrogen functional groups attached to an aromatic ring is 1. The van der Waals surface area contributed by atoms with Gasteiger partial charge in [-0.05, 0) is 30.2 Å². The molecular formula is C10H12N2O. The monoisotopic (exact) mass is 176 g/mol. The second-order valence-corrected chi connectivity index (χ2v) is 3.30. The number of nitrogens with one attached hydrogen (secondary N) is 1. The van der Waals surface area contributed by atoms with Crippen molar-refractivity contribution < 1.29 is 4.79 Å². The molecule has 3 heteroatoms. The van der Waals surface area contributed by atoms with Crippen LogP contribution in [0.2, 0.25) is 0 Å². The van der Waals surface area contributed by atoms with Crippen molar-refractivity contribution >= 4 is 17.3 Å². The summed E-state index contributed by atoms with van der Waals surface area (Å²) in [6, 6.07) is 5.54. The van der Waals surface area contributed by atoms with Crippen LogP contribution < -0.4 is 11.1 Å². The molecule has 1 aliphatic rings. The summed E-state index contributed by atoms with van der Waals surface area (Å²) in [7, 11) is 0. The summed E-state index contributed by atoms with van der Waals surface area (Å²) in [4.78, 5) is 11.4. The number of amides is 1. The molecule has 2 rings (SSSR count). The van der Waals surface area contributed by atoms with E-state index in [4.69, 9.17) is 5.73 Å². The standard InChI is InChI=1S/C10H12N2O/c1-2-7-8-5-6(11)3-4-9(8)12-10(7)13/h3-5,7H,2,11H2,1H3,(H,12,13)/t7-/m1/s1. The van der Waals surface area contributed by atoms with Crippen molar-refractivity contribution in [2.24, 2.45) is 0 Å². The fraction of sp³-hybridized carbons (Fsp3) is 0.300. The molecule has 13 heavy (non-hydrogen) atoms. The Bertz CT molecular complexity index is 360. The van der Waals surface area contributed by atoms with Gasteiger partial charge < -0.3 is 11.1 Å². The summed E-state index contributed by atoms with van der Waals surface area (Å²) in [5.74, 6) is 0.0709. The van der Waals surface area contributed by atoms with Crippen molar-refractivity contribution in [1.82, 2.24) is 0 Å². The minimum absolute atomic E-state index is 0.0153. The number of fused-ring (bicyclic) bond motifs is 1. The molecule has 3 N–H and O–H groups in total. The number of nitrogens with two attached hydrogens (primary N) is 1. The van der Waals surface area contributed by atoms with E-state index in [0.29, 0.717) is 5.69 Å². The topological polar surface area (TPSA) is 55.1 Å². The first-order chi connectivity index (χ1) is 6.22. The Labute approximate surface area is 76.9 Å². The minimum atomic E-state index is -0.0153. The number of hydrogen-bond acceptors (Lipinski definition) is 2. The lowest BCUT2D eigenvalue weighted by Crippen LogP contribution is -2.10. The second-order valence-electron chi connectivity index (χ2n) is 3.30. The van der Waals surface area contributed by atoms with Gasteiger partial charge in [-0.3, -0.25) is 4.79 Å². The number of carbonyl (C=O) groups excluding carboxylic acids is 1. The Morgan fingerprint density at radius 3 is 3.00 bits per heavy atom. The number of hydrogen-bond donors (Lipinski definition) is 2. The largest absolute Gasteiger partial charge is 0.399 e. The zero-order chi connectivity index (χ0) is 9.42. The van der Waals surface area contributed by atoms with Gasteiger partial charge in [0.05, 0.1) is 5.92 Å². The maximum Gasteiger partial charge on any atom is 0.231 e. The molecule has 1 atom stereocenters. The fourth-order valence-electron chi connectivity index (χ4n) is 1.75. The molecule has 0 fully saturated rings. The average Bonchev–Trinajstić information content (AvgIpc) is 2.40. The molecule has 0 spiro atoms. The summed E-state index contributed by atoms with van der Waals surface area (Å²) in [5, 5.41) is 2.83. The van der Waals surface area contributed by atoms with Crippen LogP contribution in [0.3, 0.4) is 0 Å². The van der Waals surface area contributed by atoms with Gasteiger partial charge in [-0.2, -0.15) is 0 Å². The van der Waals surface area contributed by atoms with Crippen molar-refractivity contribution in [2.45, 2.75) is 19.3 Å². The third-order valence-corrected chi connectivity index (χ3v) is 2.43. The van der Waals surface area contributed by atoms with Crippen LogP contribution >= 0.6 is 0 Å². The van der Waals surface area contributed by atoms with Gasteiger partial charge in [-0.1, -0.05) is 6.92 Å². The van der Waals surface area contributed by atoms with Crippen LogP contribution in [-0.4, -0.2) is 5.91 Å². The summed E-state index contributed by atoms with van der Waals surface area (Å²) >= 11 is 0. The lowest BCUT2D eigenvalue weighted by Gasteiger charge is -2.04. The van der Waals surface area contributed by atoms with Crippen molar-refractivity contribution in [1.29, 1.82) is 0 Å². The van der Waals surface area contributed by atoms with Gasteiger partial charge in [0.1, 0.15) is 0 Å². The smallest absolute Gasteiger partial charge is 0.231 e. The summed E-state index contributed by atoms with van der Waals surface area (Å²) < 4.78 is 0. The zero-order valence-electron chi connectivity index (χ0n) is 7.50. The van der Waals surface area contributed by atoms with Crippen molar-refractivity contribution in [3.63, 3.8) is 0 Å². The minimum Gasteiger partial charge on any atom is -0.399 e. The fourth-order valence-corrected chi connectivity index (χ4v) is 1.75. The third-order valence-electron chi connectivity index (χ3n) is 2.43. The molecule has 0 saturated heterocycles. The van der Waals surface area contributed by atoms with E-state index in [1.54, 1.807) is 6.07 Å². The first-order valence-corrected chi connectivity index (χ1v) is 4.42. The molecule has 0 radical (unpaired) electrons. The molecule has 0 aliphatic carbocycles. The first-order valence-electron chi connectivity index (χ1n) is 4.42. The molecule has 0 saturated carbocycles. The molecule has 1 aliphatic heterocycles. The third kappa shape index (κ3) is 1.16. The summed E-state index contributed by atoms with van der Waals surface area (Å²) in [6.45, 7) is 2.00. The highest BCUT2D eigenvalue weighted by Crippen LogP contribution is 2.35. The van der Waals surface area contributed by atoms with Gasteiger partial charge in [0.2, 0.25) is 5.91 Å². The average molecular weight is 176 g/mol. The van der Waals surface area contributed by atoms with Gasteiger partial charge >= 0.3 is 0 Å². The van der Waals surface area contributed by atoms with E-state index in [1.807, 2.05) is 19.1 Å². The van der Waals surface area contributed by atoms with Gasteiger partial charge in [-0.25, -0.2) is 0 Å². The van der Waals surface area contributed by atoms with Crippen LogP contribution in [0.15, 0.2) is 18.2 Å². The van der Waals surface area contributed by atoms with Crippen LogP contribution in [0.25, 0.3) is 0 Å². The second kappa shape index (κ2) is 2.76. The van der Waals surface area contributed by atoms with Gasteiger partial charge in [0.25, 0.3) is 0 Å². The predicted octanol–water partition coefficient (Wildman–Crippen LogP) is 1.71. The van der Waals surface area contributed by atoms with E-state index in [9.17, 15) is 4.79 Å². The van der Waals surface area contributed by atoms with Crippen LogP contribution in [0.4, 0.5) is 11.4 Å². The molecule has 1 heterocycles. The molecule has 1 amide bonds. The Hall–Kier alpha value is -1.51. The maximum atomic E-state index is 11.4. The van der Waals surface area contributed by atoms with E-state index in [-0.39, 0.29) is 11.8 Å². The zero-order valence-corrected chi connectivity index (χ0v) is 7.50. The highest BCUT2D eigenvalue weighted by molar-refractivity contribution is 6.03. The molecule has 0 aromatic heterocycles. The molecule has 0 unspecified atom stereocenters. The predicted molar refractivity (Wildman–Crippen MR) is 52.5 cm³/mol. The summed E-state index contributed by atoms with van der Waals surface area (Å²) in [6.07, 6.45) is 0.822. The Balaban J connectivity index is 2.50. The molecule has 0 bridgehead atoms. The van der Waals surface area contributed by atoms with Crippen LogP contribution in [0, 0.1) is 0 Å². The van der Waals surface area contributed by atoms with E-state index in [0.717, 1.165) is 17.7 Å². The van der Waals surface area contributed by atoms with E-state index < -0.39 is 0 Å². The normalized spacial score (nSPS) is 19.8. The highest BCUT2D eigenvalue weighted by atomic mass is 16.2. The maximum absolute atomic E-state index is 11.4. The molecular weight excluding hydrogens is 164 g/mol. The van der Waals surface area contributed by atoms with Crippen LogP contribution in [0.1, 0.15) is 24.8 Å². The summed E-state index contributed by atoms with van der Waals surface area (Å²) in [5.41, 5.74) is 8.31. The highest BCUT2D eigenvalue weighted by Gasteiger charge is 2.28. The lowest BCUT2D eigenvalue weighted by atomic mass is 9.98. The number of benzene rings is 1. The number of rotatable bonds is 1. The van der Waals surface area contributed by atoms with Crippen LogP contribution in [-0.2, 0) is 4.79 Å². The Kier molecular flexibility index (Phi) is 1.72. The first kappa shape index (κ1) is 8.10. The Morgan fingerprint density at radius 2 is 2.31 bits per heavy atom. The van der Waals surface area contributed by atoms with E-state index in [2.05, 4.69) is 5.32 Å². The quantitative estimate of drug-likeness (QED) is 0.640. The van der Waals surface area contributed by atoms with E-state index in [1.165, 1.54) is 0 Å². The molecule has 1 aromatic carbocycles. The van der Waals surface area contributed by atoms with Crippen molar-refractivity contribution in [3.8, 4) is 0 Å². The van der Waals surface area contributed by atoms with Crippen molar-refractivity contribution in [3.05, 3.63) is 23.8 Å². The number of anilines is 2. The van der Waals surface area contributed by atoms with Crippen LogP contribution in [0.5, 0.6) is 0 Å². The van der Waals surface area contributed by atoms with E-state index >= 15 is 0 Å². The molecule has 68 valence electrons. The number of carbonyl (C=O) groups is 1. The Morgan fingerprint density at radius 1 is 1.54 bits per heavy atom. The van der Waals surface area contributed by atoms with Gasteiger partial charge in [0.15, 0.2) is 0 Å². The SMILES string of the molecule is CC[C@H]1C(=O)Nc2ccc(N)cc21. The molecule has 1 aromatic rings. The van der Waals surface area contributed by atoms with Crippen molar-refractivity contribution in [2.75, 3.05) is 11.1 Å². The lowest BCUT2D eigenvalue weighted by molar-refractivity contribution is -0.117. The van der Waals surface area contributed by atoms with Gasteiger partial charge in [0, 0.05) is 11.4 Å².